The fourth-order valence-electron chi connectivity index (χ4n) is 8.10. The van der Waals surface area contributed by atoms with Crippen LogP contribution in [0.4, 0.5) is 0 Å². The molecule has 3 aromatic heterocycles. The maximum absolute atomic E-state index is 6.67. The third kappa shape index (κ3) is 7.12. The Morgan fingerprint density at radius 3 is 2.53 bits per heavy atom. The second-order valence-electron chi connectivity index (χ2n) is 14.3. The van der Waals surface area contributed by atoms with Crippen molar-refractivity contribution in [1.82, 2.24) is 19.3 Å². The molecule has 0 amide bonds. The second kappa shape index (κ2) is 15.7. The Kier molecular flexibility index (Phi) is 11.4. The van der Waals surface area contributed by atoms with Crippen molar-refractivity contribution in [3.63, 3.8) is 0 Å². The van der Waals surface area contributed by atoms with Crippen LogP contribution in [0, 0.1) is 31.9 Å². The van der Waals surface area contributed by atoms with Crippen molar-refractivity contribution in [3.8, 4) is 23.0 Å². The molecule has 0 saturated carbocycles. The molecule has 51 heavy (non-hydrogen) atoms. The molecule has 5 nitrogen and oxygen atoms in total. The topological polar surface area (TPSA) is 44.9 Å². The van der Waals surface area contributed by atoms with Crippen molar-refractivity contribution < 1.29 is 25.8 Å². The Labute approximate surface area is 318 Å². The number of hydrogen-bond donors (Lipinski definition) is 0. The molecular weight excluding hydrogens is 808 g/mol. The van der Waals surface area contributed by atoms with Crippen molar-refractivity contribution in [1.29, 1.82) is 0 Å². The number of aromatic nitrogens is 4. The number of fused-ring (bicyclic) bond motifs is 3. The summed E-state index contributed by atoms with van der Waals surface area (Å²) in [5.41, 5.74) is 10.7. The van der Waals surface area contributed by atoms with Gasteiger partial charge in [0.15, 0.2) is 0 Å². The molecule has 0 bridgehead atoms. The zero-order valence-electron chi connectivity index (χ0n) is 31.1. The first-order chi connectivity index (χ1) is 24.3. The Balaban J connectivity index is 0.00000448. The van der Waals surface area contributed by atoms with Gasteiger partial charge in [0.05, 0.1) is 5.69 Å². The molecule has 6 aromatic rings. The Hall–Kier alpha value is -3.95. The number of hydrogen-bond acceptors (Lipinski definition) is 3. The SMILES string of the molecule is CCCCc1ccnc(-n2c3[c-]c(Oc4[c-]c(-n5nc(C)c(C6C(CC)=CCC[C@@H]6CC)c5C)cc(C(C)C)c4)ccc3c3ccccc32)c1.[Pt+2]. The molecular formula is C45H50N4OPt. The molecule has 0 spiro atoms. The summed E-state index contributed by atoms with van der Waals surface area (Å²) in [6.07, 6.45) is 12.4. The molecule has 1 unspecified atom stereocenters. The van der Waals surface area contributed by atoms with Gasteiger partial charge in [0, 0.05) is 40.4 Å². The van der Waals surface area contributed by atoms with Crippen LogP contribution in [0.5, 0.6) is 11.5 Å². The molecule has 3 heterocycles. The smallest absolute Gasteiger partial charge is 0.509 e. The predicted molar refractivity (Wildman–Crippen MR) is 206 cm³/mol. The zero-order valence-corrected chi connectivity index (χ0v) is 33.4. The van der Waals surface area contributed by atoms with E-state index in [1.54, 1.807) is 5.57 Å². The van der Waals surface area contributed by atoms with E-state index in [1.165, 1.54) is 47.0 Å². The van der Waals surface area contributed by atoms with Gasteiger partial charge in [-0.15, -0.1) is 41.3 Å². The molecule has 3 aromatic carbocycles. The maximum Gasteiger partial charge on any atom is 2.00 e. The standard InChI is InChI=1S/C45H50N4O.Pt/c1-8-11-15-32-22-23-46-43(24-32)48-41-19-13-12-18-39(41)40-21-20-37(28-42(40)48)50-38-26-35(29(4)5)25-36(27-38)49-31(7)44(30(6)47-49)45-33(9-2)16-14-17-34(45)10-3;/h12-13,16,18-26,29,34,45H,8-11,14-15,17H2,1-7H3;/q-2;+2/t34-,45?;/m0./s1. The minimum Gasteiger partial charge on any atom is -0.509 e. The first-order valence-corrected chi connectivity index (χ1v) is 18.7. The summed E-state index contributed by atoms with van der Waals surface area (Å²) in [6, 6.07) is 28.6. The first kappa shape index (κ1) is 36.8. The zero-order chi connectivity index (χ0) is 34.9. The van der Waals surface area contributed by atoms with E-state index in [0.717, 1.165) is 59.3 Å². The van der Waals surface area contributed by atoms with Crippen LogP contribution in [-0.2, 0) is 27.5 Å². The van der Waals surface area contributed by atoms with Crippen molar-refractivity contribution in [2.24, 2.45) is 5.92 Å². The molecule has 0 N–H and O–H groups in total. The van der Waals surface area contributed by atoms with E-state index in [0.29, 0.717) is 29.3 Å². The predicted octanol–water partition coefficient (Wildman–Crippen LogP) is 12.1. The van der Waals surface area contributed by atoms with Crippen LogP contribution < -0.4 is 4.74 Å². The molecule has 7 rings (SSSR count). The van der Waals surface area contributed by atoms with E-state index in [9.17, 15) is 0 Å². The first-order valence-electron chi connectivity index (χ1n) is 18.7. The van der Waals surface area contributed by atoms with E-state index in [4.69, 9.17) is 14.8 Å². The molecule has 266 valence electrons. The minimum absolute atomic E-state index is 0. The summed E-state index contributed by atoms with van der Waals surface area (Å²) in [5.74, 6) is 3.58. The molecule has 2 atom stereocenters. The van der Waals surface area contributed by atoms with E-state index >= 15 is 0 Å². The quantitative estimate of drug-likeness (QED) is 0.0963. The summed E-state index contributed by atoms with van der Waals surface area (Å²) in [7, 11) is 0. The fraction of sp³-hybridized carbons (Fsp3) is 0.378. The molecule has 0 saturated heterocycles. The number of rotatable bonds is 11. The molecule has 1 aliphatic rings. The minimum atomic E-state index is 0. The van der Waals surface area contributed by atoms with Gasteiger partial charge >= 0.3 is 21.1 Å². The number of allylic oxidation sites excluding steroid dienone is 2. The summed E-state index contributed by atoms with van der Waals surface area (Å²) in [5, 5.41) is 7.46. The van der Waals surface area contributed by atoms with Gasteiger partial charge in [0.2, 0.25) is 0 Å². The largest absolute Gasteiger partial charge is 2.00 e. The van der Waals surface area contributed by atoms with Gasteiger partial charge in [0.25, 0.3) is 0 Å². The summed E-state index contributed by atoms with van der Waals surface area (Å²) >= 11 is 0. The van der Waals surface area contributed by atoms with Crippen LogP contribution in [0.2, 0.25) is 0 Å². The van der Waals surface area contributed by atoms with Crippen LogP contribution in [-0.4, -0.2) is 19.3 Å². The monoisotopic (exact) mass is 857 g/mol. The van der Waals surface area contributed by atoms with Gasteiger partial charge in [-0.25, -0.2) is 4.98 Å². The molecule has 0 radical (unpaired) electrons. The fourth-order valence-corrected chi connectivity index (χ4v) is 8.10. The molecule has 0 fully saturated rings. The Morgan fingerprint density at radius 1 is 0.941 bits per heavy atom. The third-order valence-electron chi connectivity index (χ3n) is 10.8. The van der Waals surface area contributed by atoms with Gasteiger partial charge in [-0.3, -0.25) is 4.68 Å². The number of pyridine rings is 1. The van der Waals surface area contributed by atoms with Crippen LogP contribution in [0.25, 0.3) is 33.3 Å². The summed E-state index contributed by atoms with van der Waals surface area (Å²) in [4.78, 5) is 4.83. The van der Waals surface area contributed by atoms with Crippen molar-refractivity contribution >= 4 is 21.8 Å². The van der Waals surface area contributed by atoms with Gasteiger partial charge in [-0.05, 0) is 92.6 Å². The van der Waals surface area contributed by atoms with E-state index in [2.05, 4.69) is 131 Å². The summed E-state index contributed by atoms with van der Waals surface area (Å²) < 4.78 is 11.0. The van der Waals surface area contributed by atoms with Crippen molar-refractivity contribution in [2.75, 3.05) is 0 Å². The van der Waals surface area contributed by atoms with Crippen molar-refractivity contribution in [3.05, 3.63) is 119 Å². The number of ether oxygens (including phenoxy) is 1. The number of benzene rings is 3. The number of nitrogens with zero attached hydrogens (tertiary/aromatic N) is 4. The van der Waals surface area contributed by atoms with E-state index < -0.39 is 0 Å². The van der Waals surface area contributed by atoms with E-state index in [-0.39, 0.29) is 21.1 Å². The molecule has 6 heteroatoms. The van der Waals surface area contributed by atoms with Crippen LogP contribution in [0.3, 0.4) is 0 Å². The average molecular weight is 858 g/mol. The normalized spacial score (nSPS) is 16.1. The maximum atomic E-state index is 6.67. The average Bonchev–Trinajstić information content (AvgIpc) is 3.62. The van der Waals surface area contributed by atoms with E-state index in [1.807, 2.05) is 12.3 Å². The number of aryl methyl sites for hydroxylation is 2. The van der Waals surface area contributed by atoms with Crippen LogP contribution >= 0.6 is 0 Å². The Bertz CT molecular complexity index is 2190. The van der Waals surface area contributed by atoms with Crippen LogP contribution in [0.1, 0.15) is 113 Å². The van der Waals surface area contributed by atoms with Gasteiger partial charge in [-0.1, -0.05) is 82.8 Å². The number of para-hydroxylation sites is 1. The second-order valence-corrected chi connectivity index (χ2v) is 14.3. The Morgan fingerprint density at radius 2 is 1.76 bits per heavy atom. The summed E-state index contributed by atoms with van der Waals surface area (Å²) in [6.45, 7) is 15.7. The molecule has 0 aliphatic heterocycles. The number of unbranched alkanes of at least 4 members (excludes halogenated alkanes) is 1. The van der Waals surface area contributed by atoms with Crippen LogP contribution in [0.15, 0.2) is 78.5 Å². The van der Waals surface area contributed by atoms with Gasteiger partial charge in [0.1, 0.15) is 5.82 Å². The molecule has 1 aliphatic carbocycles. The third-order valence-corrected chi connectivity index (χ3v) is 10.8. The van der Waals surface area contributed by atoms with Gasteiger partial charge < -0.3 is 9.30 Å². The van der Waals surface area contributed by atoms with Gasteiger partial charge in [-0.2, -0.15) is 11.2 Å². The van der Waals surface area contributed by atoms with Crippen molar-refractivity contribution in [2.45, 2.75) is 105 Å².